The Kier molecular flexibility index (Phi) is 2.25. The molecular weight excluding hydrogens is 256 g/mol. The predicted octanol–water partition coefficient (Wildman–Crippen LogP) is 3.01. The Morgan fingerprint density at radius 2 is 1.87 bits per heavy atom. The summed E-state index contributed by atoms with van der Waals surface area (Å²) in [6.07, 6.45) is 2.58. The lowest BCUT2D eigenvalue weighted by molar-refractivity contribution is -0.173. The van der Waals surface area contributed by atoms with Crippen LogP contribution in [0.25, 0.3) is 0 Å². The molecule has 3 heteroatoms. The van der Waals surface area contributed by atoms with Gasteiger partial charge in [0, 0.05) is 10.4 Å². The zero-order valence-corrected chi connectivity index (χ0v) is 10.00. The highest BCUT2D eigenvalue weighted by molar-refractivity contribution is 9.10. The Morgan fingerprint density at radius 3 is 2.33 bits per heavy atom. The fourth-order valence-corrected chi connectivity index (χ4v) is 2.29. The van der Waals surface area contributed by atoms with Crippen molar-refractivity contribution in [3.05, 3.63) is 28.7 Å². The van der Waals surface area contributed by atoms with Gasteiger partial charge in [0.15, 0.2) is 5.60 Å². The summed E-state index contributed by atoms with van der Waals surface area (Å²) in [4.78, 5) is 0. The van der Waals surface area contributed by atoms with Crippen LogP contribution in [0.2, 0.25) is 0 Å². The molecule has 15 heavy (non-hydrogen) atoms. The number of ether oxygens (including phenoxy) is 2. The van der Waals surface area contributed by atoms with Crippen molar-refractivity contribution in [2.45, 2.75) is 18.4 Å². The molecule has 0 unspecified atom stereocenters. The van der Waals surface area contributed by atoms with Crippen LogP contribution in [0, 0.1) is 5.92 Å². The first-order valence-corrected chi connectivity index (χ1v) is 6.10. The third-order valence-electron chi connectivity index (χ3n) is 3.15. The molecule has 0 radical (unpaired) electrons. The SMILES string of the molecule is Brc1ccc(OC2(C3CC3)COC2)cc1. The lowest BCUT2D eigenvalue weighted by Gasteiger charge is -2.41. The second kappa shape index (κ2) is 3.49. The summed E-state index contributed by atoms with van der Waals surface area (Å²) in [6.45, 7) is 1.52. The zero-order chi connectivity index (χ0) is 10.3. The van der Waals surface area contributed by atoms with Crippen molar-refractivity contribution in [1.29, 1.82) is 0 Å². The summed E-state index contributed by atoms with van der Waals surface area (Å²) in [5, 5.41) is 0. The normalized spacial score (nSPS) is 23.3. The van der Waals surface area contributed by atoms with Crippen LogP contribution in [-0.4, -0.2) is 18.8 Å². The van der Waals surface area contributed by atoms with Gasteiger partial charge in [-0.25, -0.2) is 0 Å². The minimum atomic E-state index is -0.00612. The van der Waals surface area contributed by atoms with Gasteiger partial charge < -0.3 is 9.47 Å². The molecule has 80 valence electrons. The van der Waals surface area contributed by atoms with Crippen molar-refractivity contribution in [2.75, 3.05) is 13.2 Å². The molecule has 1 aromatic carbocycles. The summed E-state index contributed by atoms with van der Waals surface area (Å²) >= 11 is 3.42. The summed E-state index contributed by atoms with van der Waals surface area (Å²) in [7, 11) is 0. The van der Waals surface area contributed by atoms with Crippen molar-refractivity contribution in [3.63, 3.8) is 0 Å². The topological polar surface area (TPSA) is 18.5 Å². The van der Waals surface area contributed by atoms with E-state index in [1.54, 1.807) is 0 Å². The minimum absolute atomic E-state index is 0.00612. The molecule has 2 aliphatic rings. The maximum absolute atomic E-state index is 6.07. The third kappa shape index (κ3) is 1.79. The predicted molar refractivity (Wildman–Crippen MR) is 61.0 cm³/mol. The van der Waals surface area contributed by atoms with E-state index in [-0.39, 0.29) is 5.60 Å². The van der Waals surface area contributed by atoms with Crippen LogP contribution in [0.1, 0.15) is 12.8 Å². The van der Waals surface area contributed by atoms with Gasteiger partial charge in [-0.05, 0) is 37.1 Å². The first-order chi connectivity index (χ1) is 7.28. The molecule has 0 amide bonds. The summed E-state index contributed by atoms with van der Waals surface area (Å²) in [6, 6.07) is 8.03. The molecule has 0 atom stereocenters. The highest BCUT2D eigenvalue weighted by atomic mass is 79.9. The summed E-state index contributed by atoms with van der Waals surface area (Å²) in [5.74, 6) is 1.67. The molecular formula is C12H13BrO2. The van der Waals surface area contributed by atoms with Gasteiger partial charge in [0.2, 0.25) is 0 Å². The van der Waals surface area contributed by atoms with Gasteiger partial charge in [-0.1, -0.05) is 15.9 Å². The smallest absolute Gasteiger partial charge is 0.158 e. The monoisotopic (exact) mass is 268 g/mol. The lowest BCUT2D eigenvalue weighted by Crippen LogP contribution is -2.56. The summed E-state index contributed by atoms with van der Waals surface area (Å²) < 4.78 is 12.5. The summed E-state index contributed by atoms with van der Waals surface area (Å²) in [5.41, 5.74) is -0.00612. The number of benzene rings is 1. The molecule has 1 aromatic rings. The van der Waals surface area contributed by atoms with Gasteiger partial charge in [-0.15, -0.1) is 0 Å². The number of halogens is 1. The third-order valence-corrected chi connectivity index (χ3v) is 3.68. The Hall–Kier alpha value is -0.540. The highest BCUT2D eigenvalue weighted by Crippen LogP contribution is 2.46. The van der Waals surface area contributed by atoms with Crippen molar-refractivity contribution >= 4 is 15.9 Å². The zero-order valence-electron chi connectivity index (χ0n) is 8.41. The Labute approximate surface area is 97.7 Å². The average Bonchev–Trinajstić information content (AvgIpc) is 2.98. The van der Waals surface area contributed by atoms with Gasteiger partial charge in [-0.2, -0.15) is 0 Å². The van der Waals surface area contributed by atoms with Crippen LogP contribution < -0.4 is 4.74 Å². The van der Waals surface area contributed by atoms with E-state index >= 15 is 0 Å². The van der Waals surface area contributed by atoms with E-state index < -0.39 is 0 Å². The molecule has 1 aliphatic carbocycles. The number of hydrogen-bond acceptors (Lipinski definition) is 2. The second-order valence-corrected chi connectivity index (χ2v) is 5.30. The molecule has 0 spiro atoms. The van der Waals surface area contributed by atoms with E-state index in [2.05, 4.69) is 15.9 Å². The fourth-order valence-electron chi connectivity index (χ4n) is 2.03. The molecule has 2 nitrogen and oxygen atoms in total. The lowest BCUT2D eigenvalue weighted by atomic mass is 9.95. The van der Waals surface area contributed by atoms with E-state index in [1.165, 1.54) is 12.8 Å². The number of rotatable bonds is 3. The quantitative estimate of drug-likeness (QED) is 0.839. The van der Waals surface area contributed by atoms with Gasteiger partial charge in [-0.3, -0.25) is 0 Å². The largest absolute Gasteiger partial charge is 0.482 e. The van der Waals surface area contributed by atoms with Crippen LogP contribution in [-0.2, 0) is 4.74 Å². The Balaban J connectivity index is 1.75. The van der Waals surface area contributed by atoms with Crippen molar-refractivity contribution in [2.24, 2.45) is 5.92 Å². The van der Waals surface area contributed by atoms with Crippen LogP contribution in [0.5, 0.6) is 5.75 Å². The minimum Gasteiger partial charge on any atom is -0.482 e. The van der Waals surface area contributed by atoms with Crippen LogP contribution in [0.3, 0.4) is 0 Å². The molecule has 1 saturated heterocycles. The van der Waals surface area contributed by atoms with Gasteiger partial charge in [0.1, 0.15) is 5.75 Å². The van der Waals surface area contributed by atoms with Crippen LogP contribution in [0.4, 0.5) is 0 Å². The van der Waals surface area contributed by atoms with Crippen LogP contribution >= 0.6 is 15.9 Å². The van der Waals surface area contributed by atoms with E-state index in [0.717, 1.165) is 29.4 Å². The average molecular weight is 269 g/mol. The van der Waals surface area contributed by atoms with Crippen molar-refractivity contribution in [3.8, 4) is 5.75 Å². The molecule has 1 aliphatic heterocycles. The van der Waals surface area contributed by atoms with Crippen LogP contribution in [0.15, 0.2) is 28.7 Å². The molecule has 1 heterocycles. The Morgan fingerprint density at radius 1 is 1.20 bits per heavy atom. The first-order valence-electron chi connectivity index (χ1n) is 5.31. The van der Waals surface area contributed by atoms with Gasteiger partial charge >= 0.3 is 0 Å². The first kappa shape index (κ1) is 9.67. The standard InChI is InChI=1S/C12H13BrO2/c13-10-3-5-11(6-4-10)15-12(7-14-8-12)9-1-2-9/h3-6,9H,1-2,7-8H2. The maximum atomic E-state index is 6.07. The van der Waals surface area contributed by atoms with E-state index in [0.29, 0.717) is 0 Å². The van der Waals surface area contributed by atoms with Gasteiger partial charge in [0.25, 0.3) is 0 Å². The van der Waals surface area contributed by atoms with E-state index in [1.807, 2.05) is 24.3 Å². The van der Waals surface area contributed by atoms with Gasteiger partial charge in [0.05, 0.1) is 13.2 Å². The number of hydrogen-bond donors (Lipinski definition) is 0. The van der Waals surface area contributed by atoms with E-state index in [4.69, 9.17) is 9.47 Å². The molecule has 0 aromatic heterocycles. The second-order valence-electron chi connectivity index (χ2n) is 4.39. The fraction of sp³-hybridized carbons (Fsp3) is 0.500. The molecule has 1 saturated carbocycles. The van der Waals surface area contributed by atoms with E-state index in [9.17, 15) is 0 Å². The Bertz CT molecular complexity index is 352. The molecule has 2 fully saturated rings. The molecule has 0 bridgehead atoms. The molecule has 3 rings (SSSR count). The van der Waals surface area contributed by atoms with Crippen molar-refractivity contribution in [1.82, 2.24) is 0 Å². The maximum Gasteiger partial charge on any atom is 0.158 e. The highest BCUT2D eigenvalue weighted by Gasteiger charge is 2.53. The van der Waals surface area contributed by atoms with Crippen molar-refractivity contribution < 1.29 is 9.47 Å². The molecule has 0 N–H and O–H groups in total.